The second kappa shape index (κ2) is 15.4. The summed E-state index contributed by atoms with van der Waals surface area (Å²) in [6.07, 6.45) is 3.81. The van der Waals surface area contributed by atoms with Gasteiger partial charge in [0, 0.05) is 45.6 Å². The molecule has 308 valence electrons. The lowest BCUT2D eigenvalue weighted by Crippen LogP contribution is -2.37. The summed E-state index contributed by atoms with van der Waals surface area (Å²) in [5.74, 6) is 2.61. The smallest absolute Gasteiger partial charge is 0.165 e. The maximum absolute atomic E-state index is 6.20. The second-order valence-corrected chi connectivity index (χ2v) is 23.2. The molecule has 10 aromatic rings. The lowest BCUT2D eigenvalue weighted by molar-refractivity contribution is 0.631. The molecule has 0 aliphatic heterocycles. The van der Waals surface area contributed by atoms with Crippen LogP contribution in [0.3, 0.4) is 0 Å². The van der Waals surface area contributed by atoms with Gasteiger partial charge in [-0.05, 0) is 77.1 Å². The fourth-order valence-electron chi connectivity index (χ4n) is 9.37. The third-order valence-corrected chi connectivity index (χ3v) is 14.9. The van der Waals surface area contributed by atoms with Crippen LogP contribution in [0.15, 0.2) is 193 Å². The molecule has 0 fully saturated rings. The van der Waals surface area contributed by atoms with Crippen molar-refractivity contribution in [1.29, 1.82) is 0 Å². The number of rotatable bonds is 8. The average Bonchev–Trinajstić information content (AvgIpc) is 3.90. The molecule has 3 heterocycles. The maximum atomic E-state index is 6.20. The van der Waals surface area contributed by atoms with Gasteiger partial charge in [-0.1, -0.05) is 188 Å². The van der Waals surface area contributed by atoms with Gasteiger partial charge in [0.25, 0.3) is 0 Å². The van der Waals surface area contributed by atoms with Crippen molar-refractivity contribution in [1.82, 2.24) is 19.9 Å². The first kappa shape index (κ1) is 39.3. The van der Waals surface area contributed by atoms with Crippen LogP contribution in [0.4, 0.5) is 0 Å². The van der Waals surface area contributed by atoms with Gasteiger partial charge in [0.05, 0.1) is 13.5 Å². The monoisotopic (exact) mass is 842 g/mol. The van der Waals surface area contributed by atoms with E-state index in [4.69, 9.17) is 24.4 Å². The SMILES string of the molecule is Cc1ccc(C2(c3ccc(C)cc3)c3ccccc3-c3ccc(-c4cncc(-c5nc(-c6ccc(-c7cc8ccccc8o7)cc6)nc(-c6cccc([Si](C)(C)C)c6)n5)c4)cc32)cc1. The zero-order chi connectivity index (χ0) is 43.6. The lowest BCUT2D eigenvalue weighted by atomic mass is 9.67. The minimum Gasteiger partial charge on any atom is -0.456 e. The van der Waals surface area contributed by atoms with Crippen molar-refractivity contribution >= 4 is 24.2 Å². The first-order valence-corrected chi connectivity index (χ1v) is 25.4. The number of fused-ring (bicyclic) bond motifs is 4. The molecule has 0 radical (unpaired) electrons. The van der Waals surface area contributed by atoms with Gasteiger partial charge in [-0.15, -0.1) is 0 Å². The summed E-state index contributed by atoms with van der Waals surface area (Å²) in [6, 6.07) is 63.3. The van der Waals surface area contributed by atoms with Crippen molar-refractivity contribution in [2.24, 2.45) is 0 Å². The van der Waals surface area contributed by atoms with Crippen molar-refractivity contribution in [2.75, 3.05) is 0 Å². The van der Waals surface area contributed by atoms with Gasteiger partial charge in [0.1, 0.15) is 11.3 Å². The summed E-state index contributed by atoms with van der Waals surface area (Å²) in [4.78, 5) is 20.3. The minimum absolute atomic E-state index is 0.517. The highest BCUT2D eigenvalue weighted by Gasteiger charge is 2.46. The number of para-hydroxylation sites is 1. The van der Waals surface area contributed by atoms with Crippen LogP contribution >= 0.6 is 0 Å². The fraction of sp³-hybridized carbons (Fsp3) is 0.103. The van der Waals surface area contributed by atoms with Gasteiger partial charge in [-0.3, -0.25) is 4.98 Å². The predicted molar refractivity (Wildman–Crippen MR) is 264 cm³/mol. The second-order valence-electron chi connectivity index (χ2n) is 18.1. The number of aryl methyl sites for hydroxylation is 2. The van der Waals surface area contributed by atoms with Gasteiger partial charge >= 0.3 is 0 Å². The van der Waals surface area contributed by atoms with Crippen LogP contribution in [0.1, 0.15) is 33.4 Å². The van der Waals surface area contributed by atoms with Crippen molar-refractivity contribution in [3.63, 3.8) is 0 Å². The molecule has 64 heavy (non-hydrogen) atoms. The average molecular weight is 843 g/mol. The van der Waals surface area contributed by atoms with Crippen LogP contribution in [0.25, 0.3) is 78.7 Å². The lowest BCUT2D eigenvalue weighted by Gasteiger charge is -2.34. The summed E-state index contributed by atoms with van der Waals surface area (Å²) >= 11 is 0. The molecule has 7 aromatic carbocycles. The van der Waals surface area contributed by atoms with Crippen molar-refractivity contribution in [2.45, 2.75) is 38.9 Å². The van der Waals surface area contributed by atoms with Crippen LogP contribution in [-0.4, -0.2) is 28.0 Å². The normalized spacial score (nSPS) is 12.9. The van der Waals surface area contributed by atoms with Crippen molar-refractivity contribution < 1.29 is 4.42 Å². The molecule has 0 N–H and O–H groups in total. The highest BCUT2D eigenvalue weighted by Crippen LogP contribution is 2.56. The molecule has 0 saturated heterocycles. The Kier molecular flexibility index (Phi) is 9.44. The summed E-state index contributed by atoms with van der Waals surface area (Å²) in [5, 5.41) is 2.42. The van der Waals surface area contributed by atoms with Gasteiger partial charge in [-0.25, -0.2) is 15.0 Å². The third kappa shape index (κ3) is 6.78. The molecule has 0 unspecified atom stereocenters. The number of hydrogen-bond donors (Lipinski definition) is 0. The molecule has 3 aromatic heterocycles. The van der Waals surface area contributed by atoms with Crippen LogP contribution in [0, 0.1) is 13.8 Å². The van der Waals surface area contributed by atoms with E-state index in [9.17, 15) is 0 Å². The van der Waals surface area contributed by atoms with Gasteiger partial charge in [0.15, 0.2) is 17.5 Å². The van der Waals surface area contributed by atoms with E-state index in [-0.39, 0.29) is 0 Å². The van der Waals surface area contributed by atoms with E-state index in [1.807, 2.05) is 30.6 Å². The molecule has 1 aliphatic rings. The Bertz CT molecular complexity index is 3300. The van der Waals surface area contributed by atoms with E-state index >= 15 is 0 Å². The summed E-state index contributed by atoms with van der Waals surface area (Å²) in [7, 11) is -1.63. The number of nitrogens with zero attached hydrogens (tertiary/aromatic N) is 4. The van der Waals surface area contributed by atoms with Crippen LogP contribution < -0.4 is 5.19 Å². The molecule has 5 nitrogen and oxygen atoms in total. The fourth-order valence-corrected chi connectivity index (χ4v) is 10.6. The topological polar surface area (TPSA) is 64.7 Å². The quantitative estimate of drug-likeness (QED) is 0.143. The highest BCUT2D eigenvalue weighted by molar-refractivity contribution is 6.88. The molecule has 11 rings (SSSR count). The van der Waals surface area contributed by atoms with E-state index in [1.54, 1.807) is 0 Å². The van der Waals surface area contributed by atoms with Gasteiger partial charge < -0.3 is 4.42 Å². The molecule has 0 saturated carbocycles. The third-order valence-electron chi connectivity index (χ3n) is 12.8. The summed E-state index contributed by atoms with van der Waals surface area (Å²) in [6.45, 7) is 11.4. The minimum atomic E-state index is -1.63. The number of aromatic nitrogens is 4. The molecule has 6 heteroatoms. The van der Waals surface area contributed by atoms with E-state index in [0.717, 1.165) is 50.1 Å². The predicted octanol–water partition coefficient (Wildman–Crippen LogP) is 13.9. The van der Waals surface area contributed by atoms with E-state index in [0.29, 0.717) is 17.5 Å². The largest absolute Gasteiger partial charge is 0.456 e. The zero-order valence-corrected chi connectivity index (χ0v) is 37.6. The first-order chi connectivity index (χ1) is 31.1. The number of hydrogen-bond acceptors (Lipinski definition) is 5. The summed E-state index contributed by atoms with van der Waals surface area (Å²) < 4.78 is 6.20. The van der Waals surface area contributed by atoms with Crippen molar-refractivity contribution in [3.8, 4) is 67.7 Å². The number of furan rings is 1. The highest BCUT2D eigenvalue weighted by atomic mass is 28.3. The standard InChI is InChI=1S/C58H46N4OSi/c1-37-17-26-46(27-18-37)58(47-28-19-38(2)20-29-47)51-15-8-7-14-49(51)50-30-25-41(33-52(50)58)44-31-45(36-59-35-44)57-61-55(60-56(62-57)43-12-10-13-48(32-43)64(3,4)5)40-23-21-39(22-24-40)54-34-42-11-6-9-16-53(42)63-54/h6-36H,1-5H3. The van der Waals surface area contributed by atoms with Gasteiger partial charge in [-0.2, -0.15) is 0 Å². The molecule has 0 amide bonds. The Labute approximate surface area is 375 Å². The summed E-state index contributed by atoms with van der Waals surface area (Å²) in [5.41, 5.74) is 16.0. The Balaban J connectivity index is 1.04. The van der Waals surface area contributed by atoms with Crippen LogP contribution in [0.2, 0.25) is 19.6 Å². The number of benzene rings is 7. The Hall–Kier alpha value is -7.54. The van der Waals surface area contributed by atoms with E-state index in [2.05, 4.69) is 191 Å². The molecular weight excluding hydrogens is 797 g/mol. The molecule has 0 bridgehead atoms. The van der Waals surface area contributed by atoms with Crippen LogP contribution in [-0.2, 0) is 5.41 Å². The first-order valence-electron chi connectivity index (χ1n) is 21.9. The molecule has 0 atom stereocenters. The molecule has 1 aliphatic carbocycles. The van der Waals surface area contributed by atoms with Gasteiger partial charge in [0.2, 0.25) is 0 Å². The number of pyridine rings is 1. The van der Waals surface area contributed by atoms with Crippen molar-refractivity contribution in [3.05, 3.63) is 222 Å². The maximum Gasteiger partial charge on any atom is 0.165 e. The molecular formula is C58H46N4OSi. The van der Waals surface area contributed by atoms with Crippen LogP contribution in [0.5, 0.6) is 0 Å². The Morgan fingerprint density at radius 1 is 0.438 bits per heavy atom. The Morgan fingerprint density at radius 2 is 1.03 bits per heavy atom. The molecule has 0 spiro atoms. The zero-order valence-electron chi connectivity index (χ0n) is 36.6. The van der Waals surface area contributed by atoms with E-state index in [1.165, 1.54) is 49.7 Å². The van der Waals surface area contributed by atoms with E-state index < -0.39 is 13.5 Å². The Morgan fingerprint density at radius 3 is 1.73 bits per heavy atom.